The van der Waals surface area contributed by atoms with E-state index in [1.165, 1.54) is 18.2 Å². The lowest BCUT2D eigenvalue weighted by Gasteiger charge is -2.15. The summed E-state index contributed by atoms with van der Waals surface area (Å²) in [4.78, 5) is 44.8. The van der Waals surface area contributed by atoms with Gasteiger partial charge in [0.1, 0.15) is 0 Å². The van der Waals surface area contributed by atoms with Crippen molar-refractivity contribution in [2.45, 2.75) is 0 Å². The van der Waals surface area contributed by atoms with Gasteiger partial charge < -0.3 is 5.32 Å². The third kappa shape index (κ3) is 3.56. The maximum absolute atomic E-state index is 11.7. The predicted octanol–water partition coefficient (Wildman–Crippen LogP) is 0.425. The van der Waals surface area contributed by atoms with Gasteiger partial charge in [-0.3, -0.25) is 29.9 Å². The number of benzene rings is 1. The van der Waals surface area contributed by atoms with Gasteiger partial charge in [0.25, 0.3) is 11.6 Å². The Morgan fingerprint density at radius 2 is 2.09 bits per heavy atom. The molecule has 11 heteroatoms. The molecule has 0 aromatic heterocycles. The van der Waals surface area contributed by atoms with E-state index in [-0.39, 0.29) is 21.4 Å². The highest BCUT2D eigenvalue weighted by Gasteiger charge is 2.30. The summed E-state index contributed by atoms with van der Waals surface area (Å²) >= 11 is 5.91. The quantitative estimate of drug-likeness (QED) is 0.354. The highest BCUT2D eigenvalue weighted by atomic mass is 32.2. The molecular weight excluding hydrogens is 332 g/mol. The van der Waals surface area contributed by atoms with Crippen molar-refractivity contribution in [3.8, 4) is 0 Å². The van der Waals surface area contributed by atoms with Crippen LogP contribution in [0.25, 0.3) is 0 Å². The molecule has 2 N–H and O–H groups in total. The predicted molar refractivity (Wildman–Crippen MR) is 81.8 cm³/mol. The number of hydrogen-bond donors (Lipinski definition) is 2. The zero-order valence-corrected chi connectivity index (χ0v) is 12.4. The number of nitro benzene ring substituents is 1. The highest BCUT2D eigenvalue weighted by Crippen LogP contribution is 2.18. The van der Waals surface area contributed by atoms with Crippen molar-refractivity contribution in [2.75, 3.05) is 11.1 Å². The fourth-order valence-corrected chi connectivity index (χ4v) is 2.48. The van der Waals surface area contributed by atoms with Crippen LogP contribution in [-0.2, 0) is 14.4 Å². The second-order valence-electron chi connectivity index (χ2n) is 3.99. The first-order valence-corrected chi connectivity index (χ1v) is 7.14. The molecular formula is C11H8N4O5S2. The monoisotopic (exact) mass is 340 g/mol. The van der Waals surface area contributed by atoms with E-state index in [0.717, 1.165) is 22.8 Å². The molecule has 22 heavy (non-hydrogen) atoms. The molecule has 0 atom stereocenters. The third-order valence-electron chi connectivity index (χ3n) is 2.49. The summed E-state index contributed by atoms with van der Waals surface area (Å²) in [5.74, 6) is -2.53. The summed E-state index contributed by atoms with van der Waals surface area (Å²) < 4.78 is 0.140. The van der Waals surface area contributed by atoms with Crippen LogP contribution < -0.4 is 10.7 Å². The normalized spacial score (nSPS) is 13.9. The number of hydrazine groups is 1. The SMILES string of the molecule is O=C(Nc1cccc([N+](=O)[O-])c1)C(=O)NN1C(=O)CSC1=S. The molecule has 1 aliphatic heterocycles. The Balaban J connectivity index is 2.01. The van der Waals surface area contributed by atoms with E-state index >= 15 is 0 Å². The maximum Gasteiger partial charge on any atom is 0.328 e. The largest absolute Gasteiger partial charge is 0.328 e. The number of hydrogen-bond acceptors (Lipinski definition) is 7. The Bertz CT molecular complexity index is 677. The fourth-order valence-electron chi connectivity index (χ4n) is 1.50. The van der Waals surface area contributed by atoms with Crippen molar-refractivity contribution in [3.63, 3.8) is 0 Å². The number of nitrogens with zero attached hydrogens (tertiary/aromatic N) is 2. The maximum atomic E-state index is 11.7. The van der Waals surface area contributed by atoms with Crippen LogP contribution in [-0.4, -0.2) is 37.7 Å². The number of non-ortho nitro benzene ring substituents is 1. The lowest BCUT2D eigenvalue weighted by molar-refractivity contribution is -0.384. The van der Waals surface area contributed by atoms with Gasteiger partial charge in [-0.15, -0.1) is 0 Å². The van der Waals surface area contributed by atoms with Gasteiger partial charge in [0, 0.05) is 17.8 Å². The molecule has 1 fully saturated rings. The van der Waals surface area contributed by atoms with Gasteiger partial charge in [-0.25, -0.2) is 5.01 Å². The van der Waals surface area contributed by atoms with E-state index in [1.54, 1.807) is 0 Å². The second kappa shape index (κ2) is 6.49. The standard InChI is InChI=1S/C11H8N4O5S2/c16-8-5-22-11(21)14(8)13-10(18)9(17)12-6-2-1-3-7(4-6)15(19)20/h1-4H,5H2,(H,12,17)(H,13,18). The zero-order chi connectivity index (χ0) is 16.3. The van der Waals surface area contributed by atoms with Crippen molar-refractivity contribution in [2.24, 2.45) is 0 Å². The summed E-state index contributed by atoms with van der Waals surface area (Å²) in [7, 11) is 0. The number of anilines is 1. The van der Waals surface area contributed by atoms with Crippen molar-refractivity contribution in [3.05, 3.63) is 34.4 Å². The zero-order valence-electron chi connectivity index (χ0n) is 10.8. The summed E-state index contributed by atoms with van der Waals surface area (Å²) in [5.41, 5.74) is 1.92. The van der Waals surface area contributed by atoms with Gasteiger partial charge in [-0.2, -0.15) is 0 Å². The number of rotatable bonds is 3. The van der Waals surface area contributed by atoms with Crippen LogP contribution >= 0.6 is 24.0 Å². The number of nitrogens with one attached hydrogen (secondary N) is 2. The first-order chi connectivity index (χ1) is 10.4. The molecule has 3 amide bonds. The first-order valence-electron chi connectivity index (χ1n) is 5.74. The molecule has 1 aromatic carbocycles. The van der Waals surface area contributed by atoms with Gasteiger partial charge in [0.05, 0.1) is 10.7 Å². The van der Waals surface area contributed by atoms with Crippen LogP contribution in [0.1, 0.15) is 0 Å². The van der Waals surface area contributed by atoms with Gasteiger partial charge in [0.2, 0.25) is 0 Å². The molecule has 1 heterocycles. The Morgan fingerprint density at radius 3 is 2.68 bits per heavy atom. The lowest BCUT2D eigenvalue weighted by Crippen LogP contribution is -2.49. The number of carbonyl (C=O) groups is 3. The second-order valence-corrected chi connectivity index (χ2v) is 5.60. The van der Waals surface area contributed by atoms with Crippen LogP contribution in [0.4, 0.5) is 11.4 Å². The molecule has 0 bridgehead atoms. The van der Waals surface area contributed by atoms with Crippen LogP contribution in [0, 0.1) is 10.1 Å². The van der Waals surface area contributed by atoms with Gasteiger partial charge in [0.15, 0.2) is 4.32 Å². The molecule has 1 aromatic rings. The first kappa shape index (κ1) is 15.9. The number of thiocarbonyl (C=S) groups is 1. The van der Waals surface area contributed by atoms with Crippen molar-refractivity contribution < 1.29 is 19.3 Å². The molecule has 0 aliphatic carbocycles. The third-order valence-corrected chi connectivity index (χ3v) is 3.84. The molecule has 0 radical (unpaired) electrons. The van der Waals surface area contributed by atoms with Crippen molar-refractivity contribution in [1.82, 2.24) is 10.4 Å². The summed E-state index contributed by atoms with van der Waals surface area (Å²) in [6, 6.07) is 5.10. The number of nitro groups is 1. The molecule has 0 spiro atoms. The number of carbonyl (C=O) groups excluding carboxylic acids is 3. The minimum atomic E-state index is -1.11. The van der Waals surface area contributed by atoms with E-state index in [1.807, 2.05) is 0 Å². The molecule has 114 valence electrons. The smallest absolute Gasteiger partial charge is 0.317 e. The van der Waals surface area contributed by atoms with E-state index in [9.17, 15) is 24.5 Å². The van der Waals surface area contributed by atoms with Crippen LogP contribution in [0.15, 0.2) is 24.3 Å². The van der Waals surface area contributed by atoms with Crippen LogP contribution in [0.2, 0.25) is 0 Å². The summed E-state index contributed by atoms with van der Waals surface area (Å²) in [5, 5.41) is 13.6. The molecule has 1 aliphatic rings. The Morgan fingerprint density at radius 1 is 1.36 bits per heavy atom. The van der Waals surface area contributed by atoms with Crippen molar-refractivity contribution >= 4 is 57.4 Å². The number of thioether (sulfide) groups is 1. The fraction of sp³-hybridized carbons (Fsp3) is 0.0909. The minimum absolute atomic E-state index is 0.0825. The molecule has 9 nitrogen and oxygen atoms in total. The van der Waals surface area contributed by atoms with Gasteiger partial charge >= 0.3 is 11.8 Å². The van der Waals surface area contributed by atoms with Crippen LogP contribution in [0.5, 0.6) is 0 Å². The van der Waals surface area contributed by atoms with Gasteiger partial charge in [-0.1, -0.05) is 30.0 Å². The van der Waals surface area contributed by atoms with Crippen molar-refractivity contribution in [1.29, 1.82) is 0 Å². The highest BCUT2D eigenvalue weighted by molar-refractivity contribution is 8.23. The van der Waals surface area contributed by atoms with E-state index in [4.69, 9.17) is 12.2 Å². The molecule has 2 rings (SSSR count). The van der Waals surface area contributed by atoms with Gasteiger partial charge in [-0.05, 0) is 6.07 Å². The number of amides is 3. The van der Waals surface area contributed by atoms with Crippen LogP contribution in [0.3, 0.4) is 0 Å². The van der Waals surface area contributed by atoms with E-state index in [0.29, 0.717) is 0 Å². The Labute approximate surface area is 133 Å². The summed E-state index contributed by atoms with van der Waals surface area (Å²) in [6.07, 6.45) is 0. The Hall–Kier alpha value is -2.53. The molecule has 0 saturated carbocycles. The van der Waals surface area contributed by atoms with E-state index < -0.39 is 22.6 Å². The lowest BCUT2D eigenvalue weighted by atomic mass is 10.3. The average molecular weight is 340 g/mol. The topological polar surface area (TPSA) is 122 Å². The molecule has 0 unspecified atom stereocenters. The minimum Gasteiger partial charge on any atom is -0.317 e. The molecule has 1 saturated heterocycles. The average Bonchev–Trinajstić information content (AvgIpc) is 2.79. The Kier molecular flexibility index (Phi) is 4.68. The van der Waals surface area contributed by atoms with E-state index in [2.05, 4.69) is 10.7 Å². The summed E-state index contributed by atoms with van der Waals surface area (Å²) in [6.45, 7) is 0.